The number of rotatable bonds is 3. The lowest BCUT2D eigenvalue weighted by atomic mass is 9.98. The van der Waals surface area contributed by atoms with Crippen molar-refractivity contribution in [1.29, 1.82) is 0 Å². The highest BCUT2D eigenvalue weighted by Crippen LogP contribution is 2.46. The van der Waals surface area contributed by atoms with Crippen LogP contribution in [0.15, 0.2) is 12.1 Å². The quantitative estimate of drug-likeness (QED) is 0.877. The smallest absolute Gasteiger partial charge is 0.128 e. The lowest BCUT2D eigenvalue weighted by molar-refractivity contribution is -0.0477. The van der Waals surface area contributed by atoms with E-state index in [4.69, 9.17) is 14.2 Å². The van der Waals surface area contributed by atoms with E-state index < -0.39 is 6.10 Å². The molecule has 2 rings (SSSR count). The van der Waals surface area contributed by atoms with Gasteiger partial charge in [0.2, 0.25) is 0 Å². The first-order chi connectivity index (χ1) is 8.08. The van der Waals surface area contributed by atoms with Crippen LogP contribution in [-0.2, 0) is 4.74 Å². The van der Waals surface area contributed by atoms with Crippen LogP contribution in [0.5, 0.6) is 11.5 Å². The molecule has 0 bridgehead atoms. The van der Waals surface area contributed by atoms with Gasteiger partial charge in [0.25, 0.3) is 0 Å². The van der Waals surface area contributed by atoms with Gasteiger partial charge in [-0.3, -0.25) is 0 Å². The Kier molecular flexibility index (Phi) is 3.26. The highest BCUT2D eigenvalue weighted by atomic mass is 16.5. The highest BCUT2D eigenvalue weighted by Gasteiger charge is 2.35. The van der Waals surface area contributed by atoms with Gasteiger partial charge in [0.05, 0.1) is 26.4 Å². The Morgan fingerprint density at radius 1 is 1.29 bits per heavy atom. The third-order valence-corrected chi connectivity index (χ3v) is 3.11. The van der Waals surface area contributed by atoms with Crippen LogP contribution in [0, 0.1) is 0 Å². The second-order valence-electron chi connectivity index (χ2n) is 4.27. The zero-order chi connectivity index (χ0) is 12.6. The summed E-state index contributed by atoms with van der Waals surface area (Å²) in [6.07, 6.45) is -0.954. The summed E-state index contributed by atoms with van der Waals surface area (Å²) in [5.41, 5.74) is 1.95. The number of hydrogen-bond acceptors (Lipinski definition) is 4. The number of benzene rings is 1. The monoisotopic (exact) mass is 238 g/mol. The molecule has 0 fully saturated rings. The summed E-state index contributed by atoms with van der Waals surface area (Å²) < 4.78 is 16.3. The van der Waals surface area contributed by atoms with E-state index in [2.05, 4.69) is 0 Å². The van der Waals surface area contributed by atoms with Gasteiger partial charge in [0, 0.05) is 11.6 Å². The van der Waals surface area contributed by atoms with E-state index in [1.54, 1.807) is 21.1 Å². The molecule has 1 heterocycles. The lowest BCUT2D eigenvalue weighted by Gasteiger charge is -2.15. The Balaban J connectivity index is 2.55. The maximum Gasteiger partial charge on any atom is 0.128 e. The fourth-order valence-corrected chi connectivity index (χ4v) is 2.31. The van der Waals surface area contributed by atoms with Crippen LogP contribution in [0.1, 0.15) is 37.2 Å². The van der Waals surface area contributed by atoms with E-state index in [0.29, 0.717) is 5.75 Å². The average Bonchev–Trinajstić information content (AvgIpc) is 2.66. The Labute approximate surface area is 101 Å². The molecule has 4 nitrogen and oxygen atoms in total. The summed E-state index contributed by atoms with van der Waals surface area (Å²) in [6.45, 7) is 3.68. The first-order valence-corrected chi connectivity index (χ1v) is 5.67. The maximum absolute atomic E-state index is 9.74. The van der Waals surface area contributed by atoms with Gasteiger partial charge in [-0.2, -0.15) is 0 Å². The molecule has 1 aromatic carbocycles. The molecular weight excluding hydrogens is 220 g/mol. The minimum Gasteiger partial charge on any atom is -0.497 e. The maximum atomic E-state index is 9.74. The molecule has 0 aromatic heterocycles. The predicted molar refractivity (Wildman–Crippen MR) is 63.5 cm³/mol. The highest BCUT2D eigenvalue weighted by molar-refractivity contribution is 5.50. The summed E-state index contributed by atoms with van der Waals surface area (Å²) in [6, 6.07) is 3.74. The zero-order valence-corrected chi connectivity index (χ0v) is 10.6. The Morgan fingerprint density at radius 3 is 2.53 bits per heavy atom. The SMILES string of the molecule is COc1cc(OC)c2c(c1)[C@H]([C@H](C)O)O[C@@H]2C. The zero-order valence-electron chi connectivity index (χ0n) is 10.6. The van der Waals surface area contributed by atoms with Crippen LogP contribution in [0.3, 0.4) is 0 Å². The van der Waals surface area contributed by atoms with Crippen molar-refractivity contribution in [2.75, 3.05) is 14.2 Å². The minimum atomic E-state index is -0.560. The van der Waals surface area contributed by atoms with Crippen LogP contribution < -0.4 is 9.47 Å². The van der Waals surface area contributed by atoms with Crippen LogP contribution in [0.2, 0.25) is 0 Å². The summed E-state index contributed by atoms with van der Waals surface area (Å²) in [4.78, 5) is 0. The van der Waals surface area contributed by atoms with Gasteiger partial charge in [-0.1, -0.05) is 0 Å². The van der Waals surface area contributed by atoms with Crippen LogP contribution in [0.4, 0.5) is 0 Å². The van der Waals surface area contributed by atoms with Gasteiger partial charge in [-0.05, 0) is 25.5 Å². The van der Waals surface area contributed by atoms with Crippen molar-refractivity contribution >= 4 is 0 Å². The second-order valence-corrected chi connectivity index (χ2v) is 4.27. The van der Waals surface area contributed by atoms with Crippen molar-refractivity contribution in [2.45, 2.75) is 32.2 Å². The van der Waals surface area contributed by atoms with Crippen molar-refractivity contribution in [3.63, 3.8) is 0 Å². The third-order valence-electron chi connectivity index (χ3n) is 3.11. The molecule has 1 aliphatic rings. The standard InChI is InChI=1S/C13H18O4/c1-7(14)13-10-5-9(15-3)6-11(16-4)12(10)8(2)17-13/h5-8,13-14H,1-4H3/t7-,8+,13-/m0/s1. The molecule has 0 saturated heterocycles. The molecule has 94 valence electrons. The van der Waals surface area contributed by atoms with Gasteiger partial charge in [-0.25, -0.2) is 0 Å². The molecule has 1 aromatic rings. The average molecular weight is 238 g/mol. The fourth-order valence-electron chi connectivity index (χ4n) is 2.31. The third kappa shape index (κ3) is 1.98. The first kappa shape index (κ1) is 12.2. The van der Waals surface area contributed by atoms with Gasteiger partial charge in [0.1, 0.15) is 17.6 Å². The van der Waals surface area contributed by atoms with Crippen LogP contribution in [-0.4, -0.2) is 25.4 Å². The van der Waals surface area contributed by atoms with Crippen molar-refractivity contribution < 1.29 is 19.3 Å². The molecule has 1 aliphatic heterocycles. The fraction of sp³-hybridized carbons (Fsp3) is 0.538. The van der Waals surface area contributed by atoms with Gasteiger partial charge >= 0.3 is 0 Å². The number of aliphatic hydroxyl groups is 1. The van der Waals surface area contributed by atoms with Crippen LogP contribution in [0.25, 0.3) is 0 Å². The number of fused-ring (bicyclic) bond motifs is 1. The van der Waals surface area contributed by atoms with Gasteiger partial charge in [-0.15, -0.1) is 0 Å². The Morgan fingerprint density at radius 2 is 2.00 bits per heavy atom. The van der Waals surface area contributed by atoms with E-state index in [1.807, 2.05) is 19.1 Å². The van der Waals surface area contributed by atoms with Crippen molar-refractivity contribution in [2.24, 2.45) is 0 Å². The number of aliphatic hydroxyl groups excluding tert-OH is 1. The summed E-state index contributed by atoms with van der Waals surface area (Å²) in [5, 5.41) is 9.74. The largest absolute Gasteiger partial charge is 0.497 e. The normalized spacial score (nSPS) is 24.3. The summed E-state index contributed by atoms with van der Waals surface area (Å²) >= 11 is 0. The van der Waals surface area contributed by atoms with E-state index in [9.17, 15) is 5.11 Å². The topological polar surface area (TPSA) is 47.9 Å². The van der Waals surface area contributed by atoms with E-state index >= 15 is 0 Å². The Hall–Kier alpha value is -1.26. The molecular formula is C13H18O4. The van der Waals surface area contributed by atoms with E-state index in [1.165, 1.54) is 0 Å². The molecule has 0 amide bonds. The molecule has 4 heteroatoms. The first-order valence-electron chi connectivity index (χ1n) is 5.67. The van der Waals surface area contributed by atoms with Crippen molar-refractivity contribution in [1.82, 2.24) is 0 Å². The molecule has 0 radical (unpaired) electrons. The molecule has 1 N–H and O–H groups in total. The summed E-state index contributed by atoms with van der Waals surface area (Å²) in [5.74, 6) is 1.46. The van der Waals surface area contributed by atoms with E-state index in [0.717, 1.165) is 16.9 Å². The van der Waals surface area contributed by atoms with Gasteiger partial charge in [0.15, 0.2) is 0 Å². The molecule has 0 spiro atoms. The second kappa shape index (κ2) is 4.55. The molecule has 0 aliphatic carbocycles. The number of methoxy groups -OCH3 is 2. The summed E-state index contributed by atoms with van der Waals surface area (Å²) in [7, 11) is 3.23. The molecule has 0 saturated carbocycles. The molecule has 3 atom stereocenters. The van der Waals surface area contributed by atoms with Crippen LogP contribution >= 0.6 is 0 Å². The molecule has 0 unspecified atom stereocenters. The van der Waals surface area contributed by atoms with E-state index in [-0.39, 0.29) is 12.2 Å². The lowest BCUT2D eigenvalue weighted by Crippen LogP contribution is -2.13. The predicted octanol–water partition coefficient (Wildman–Crippen LogP) is 2.22. The molecule has 17 heavy (non-hydrogen) atoms. The van der Waals surface area contributed by atoms with Crippen molar-refractivity contribution in [3.05, 3.63) is 23.3 Å². The van der Waals surface area contributed by atoms with Gasteiger partial charge < -0.3 is 19.3 Å². The number of hydrogen-bond donors (Lipinski definition) is 1. The number of ether oxygens (including phenoxy) is 3. The minimum absolute atomic E-state index is 0.0783. The Bertz CT molecular complexity index is 414. The van der Waals surface area contributed by atoms with Crippen molar-refractivity contribution in [3.8, 4) is 11.5 Å².